The molecule has 1 heterocycles. The molecule has 0 aromatic heterocycles. The van der Waals surface area contributed by atoms with Crippen LogP contribution < -0.4 is 10.2 Å². The molecule has 2 N–H and O–H groups in total. The van der Waals surface area contributed by atoms with Crippen LogP contribution in [-0.2, 0) is 9.84 Å². The molecule has 0 aliphatic carbocycles. The van der Waals surface area contributed by atoms with E-state index in [9.17, 15) is 8.42 Å². The maximum atomic E-state index is 11.5. The lowest BCUT2D eigenvalue weighted by Gasteiger charge is -2.19. The van der Waals surface area contributed by atoms with Gasteiger partial charge in [0.1, 0.15) is 12.4 Å². The van der Waals surface area contributed by atoms with E-state index in [4.69, 9.17) is 14.8 Å². The van der Waals surface area contributed by atoms with Crippen LogP contribution in [0, 0.1) is 0 Å². The fourth-order valence-corrected chi connectivity index (χ4v) is 3.58. The second-order valence-corrected chi connectivity index (χ2v) is 7.45. The summed E-state index contributed by atoms with van der Waals surface area (Å²) in [5, 5.41) is 18.2. The van der Waals surface area contributed by atoms with Crippen molar-refractivity contribution in [3.8, 4) is 5.75 Å². The topological polar surface area (TPSA) is 87.1 Å². The van der Waals surface area contributed by atoms with Gasteiger partial charge in [0.2, 0.25) is 0 Å². The summed E-state index contributed by atoms with van der Waals surface area (Å²) in [4.78, 5) is 2.08. The number of hydrogen-bond acceptors (Lipinski definition) is 6. The van der Waals surface area contributed by atoms with Gasteiger partial charge < -0.3 is 14.8 Å². The second kappa shape index (κ2) is 7.26. The molecule has 8 heteroatoms. The van der Waals surface area contributed by atoms with Gasteiger partial charge in [0.25, 0.3) is 0 Å². The van der Waals surface area contributed by atoms with Gasteiger partial charge in [-0.3, -0.25) is 4.90 Å². The summed E-state index contributed by atoms with van der Waals surface area (Å²) in [6.07, 6.45) is 0.661. The highest BCUT2D eigenvalue weighted by atomic mass is 32.2. The van der Waals surface area contributed by atoms with Crippen LogP contribution in [0.2, 0.25) is 0 Å². The molecule has 0 amide bonds. The van der Waals surface area contributed by atoms with Crippen molar-refractivity contribution >= 4 is 22.4 Å². The van der Waals surface area contributed by atoms with Crippen LogP contribution in [0.15, 0.2) is 24.3 Å². The molecule has 1 aliphatic heterocycles. The first kappa shape index (κ1) is 16.3. The van der Waals surface area contributed by atoms with E-state index in [1.807, 2.05) is 0 Å². The third-order valence-electron chi connectivity index (χ3n) is 3.48. The molecule has 21 heavy (non-hydrogen) atoms. The Kier molecular flexibility index (Phi) is 5.63. The molecule has 1 aliphatic rings. The predicted octanol–water partition coefficient (Wildman–Crippen LogP) is -1.13. The largest absolute Gasteiger partial charge is 0.492 e. The van der Waals surface area contributed by atoms with Gasteiger partial charge in [0.05, 0.1) is 11.5 Å². The minimum atomic E-state index is -2.88. The molecule has 0 bridgehead atoms. The smallest absolute Gasteiger partial charge is 0.488 e. The average molecular weight is 313 g/mol. The summed E-state index contributed by atoms with van der Waals surface area (Å²) in [6.45, 7) is 2.39. The van der Waals surface area contributed by atoms with Gasteiger partial charge in [-0.05, 0) is 30.6 Å². The zero-order valence-electron chi connectivity index (χ0n) is 11.8. The van der Waals surface area contributed by atoms with E-state index in [2.05, 4.69) is 4.90 Å². The van der Waals surface area contributed by atoms with Gasteiger partial charge in [-0.25, -0.2) is 8.42 Å². The number of ether oxygens (including phenoxy) is 1. The van der Waals surface area contributed by atoms with Gasteiger partial charge in [-0.15, -0.1) is 0 Å². The molecule has 1 fully saturated rings. The van der Waals surface area contributed by atoms with Crippen molar-refractivity contribution in [2.24, 2.45) is 0 Å². The summed E-state index contributed by atoms with van der Waals surface area (Å²) in [5.74, 6) is 1.04. The van der Waals surface area contributed by atoms with Gasteiger partial charge in [0.15, 0.2) is 9.84 Å². The summed E-state index contributed by atoms with van der Waals surface area (Å²) in [7, 11) is -4.39. The maximum absolute atomic E-state index is 11.5. The van der Waals surface area contributed by atoms with E-state index < -0.39 is 17.0 Å². The Bertz CT molecular complexity index is 563. The van der Waals surface area contributed by atoms with E-state index in [0.717, 1.165) is 6.54 Å². The highest BCUT2D eigenvalue weighted by Crippen LogP contribution is 2.09. The van der Waals surface area contributed by atoms with Gasteiger partial charge in [-0.2, -0.15) is 0 Å². The van der Waals surface area contributed by atoms with E-state index >= 15 is 0 Å². The van der Waals surface area contributed by atoms with Crippen LogP contribution in [0.3, 0.4) is 0 Å². The maximum Gasteiger partial charge on any atom is 0.488 e. The Balaban J connectivity index is 1.80. The molecule has 1 saturated heterocycles. The Morgan fingerprint density at radius 1 is 1.24 bits per heavy atom. The first-order valence-corrected chi connectivity index (χ1v) is 8.80. The van der Waals surface area contributed by atoms with Gasteiger partial charge >= 0.3 is 7.12 Å². The summed E-state index contributed by atoms with van der Waals surface area (Å²) in [5.41, 5.74) is 0.383. The minimum absolute atomic E-state index is 0.208. The van der Waals surface area contributed by atoms with Crippen molar-refractivity contribution in [1.82, 2.24) is 4.90 Å². The van der Waals surface area contributed by atoms with Crippen molar-refractivity contribution < 1.29 is 23.2 Å². The van der Waals surface area contributed by atoms with Crippen LogP contribution in [-0.4, -0.2) is 68.2 Å². The van der Waals surface area contributed by atoms with E-state index in [0.29, 0.717) is 37.3 Å². The number of benzene rings is 1. The lowest BCUT2D eigenvalue weighted by molar-refractivity contribution is 0.219. The number of rotatable bonds is 5. The number of hydrogen-bond donors (Lipinski definition) is 2. The monoisotopic (exact) mass is 313 g/mol. The molecule has 0 spiro atoms. The zero-order chi connectivity index (χ0) is 15.3. The van der Waals surface area contributed by atoms with Crippen molar-refractivity contribution in [2.75, 3.05) is 37.7 Å². The molecule has 1 aromatic carbocycles. The summed E-state index contributed by atoms with van der Waals surface area (Å²) in [6, 6.07) is 6.64. The van der Waals surface area contributed by atoms with Crippen LogP contribution in [0.25, 0.3) is 0 Å². The number of sulfone groups is 1. The van der Waals surface area contributed by atoms with E-state index in [-0.39, 0.29) is 11.5 Å². The van der Waals surface area contributed by atoms with E-state index in [1.165, 1.54) is 0 Å². The fourth-order valence-electron chi connectivity index (χ4n) is 2.27. The lowest BCUT2D eigenvalue weighted by Crippen LogP contribution is -2.32. The summed E-state index contributed by atoms with van der Waals surface area (Å²) < 4.78 is 28.6. The van der Waals surface area contributed by atoms with Crippen LogP contribution >= 0.6 is 0 Å². The van der Waals surface area contributed by atoms with Crippen LogP contribution in [0.5, 0.6) is 5.75 Å². The Morgan fingerprint density at radius 3 is 2.81 bits per heavy atom. The molecule has 0 atom stereocenters. The van der Waals surface area contributed by atoms with Crippen molar-refractivity contribution in [3.63, 3.8) is 0 Å². The predicted molar refractivity (Wildman–Crippen MR) is 81.5 cm³/mol. The third-order valence-corrected chi connectivity index (χ3v) is 5.20. The standard InChI is InChI=1S/C13H20BNO5S/c16-14(17)12-3-1-4-13(11-12)20-8-6-15-5-2-9-21(18,19)10-7-15/h1,3-4,11,16-17H,2,5-10H2. The van der Waals surface area contributed by atoms with Crippen molar-refractivity contribution in [1.29, 1.82) is 0 Å². The SMILES string of the molecule is O=S1(=O)CCCN(CCOc2cccc(B(O)O)c2)CC1. The molecule has 0 unspecified atom stereocenters. The molecule has 116 valence electrons. The molecule has 2 rings (SSSR count). The molecule has 6 nitrogen and oxygen atoms in total. The molecular formula is C13H20BNO5S. The minimum Gasteiger partial charge on any atom is -0.492 e. The third kappa shape index (κ3) is 5.31. The highest BCUT2D eigenvalue weighted by Gasteiger charge is 2.18. The zero-order valence-corrected chi connectivity index (χ0v) is 12.6. The second-order valence-electron chi connectivity index (χ2n) is 5.14. The van der Waals surface area contributed by atoms with E-state index in [1.54, 1.807) is 24.3 Å². The van der Waals surface area contributed by atoms with Crippen LogP contribution in [0.4, 0.5) is 0 Å². The molecule has 0 radical (unpaired) electrons. The molecule has 0 saturated carbocycles. The first-order chi connectivity index (χ1) is 9.96. The average Bonchev–Trinajstić information content (AvgIpc) is 2.60. The summed E-state index contributed by atoms with van der Waals surface area (Å²) >= 11 is 0. The van der Waals surface area contributed by atoms with Crippen molar-refractivity contribution in [2.45, 2.75) is 6.42 Å². The van der Waals surface area contributed by atoms with Gasteiger partial charge in [0, 0.05) is 13.1 Å². The van der Waals surface area contributed by atoms with Crippen LogP contribution in [0.1, 0.15) is 6.42 Å². The van der Waals surface area contributed by atoms with Crippen molar-refractivity contribution in [3.05, 3.63) is 24.3 Å². The number of nitrogens with zero attached hydrogens (tertiary/aromatic N) is 1. The Labute approximate surface area is 125 Å². The normalized spacial score (nSPS) is 19.0. The fraction of sp³-hybridized carbons (Fsp3) is 0.538. The first-order valence-electron chi connectivity index (χ1n) is 6.98. The molecule has 1 aromatic rings. The lowest BCUT2D eigenvalue weighted by atomic mass is 9.80. The molecular weight excluding hydrogens is 293 g/mol. The van der Waals surface area contributed by atoms with Gasteiger partial charge in [-0.1, -0.05) is 12.1 Å². The highest BCUT2D eigenvalue weighted by molar-refractivity contribution is 7.91. The Morgan fingerprint density at radius 2 is 2.05 bits per heavy atom. The Hall–Kier alpha value is -1.09. The quantitative estimate of drug-likeness (QED) is 0.669.